The van der Waals surface area contributed by atoms with E-state index in [2.05, 4.69) is 10.4 Å². The normalized spacial score (nSPS) is 15.4. The van der Waals surface area contributed by atoms with E-state index in [0.29, 0.717) is 37.3 Å². The van der Waals surface area contributed by atoms with Crippen LogP contribution in [0.3, 0.4) is 0 Å². The fraction of sp³-hybridized carbons (Fsp3) is 0.500. The van der Waals surface area contributed by atoms with Gasteiger partial charge in [-0.15, -0.1) is 0 Å². The van der Waals surface area contributed by atoms with E-state index in [4.69, 9.17) is 4.42 Å². The van der Waals surface area contributed by atoms with Crippen LogP contribution in [0.2, 0.25) is 0 Å². The quantitative estimate of drug-likeness (QED) is 0.924. The molecule has 0 saturated carbocycles. The van der Waals surface area contributed by atoms with Crippen LogP contribution in [0.4, 0.5) is 5.69 Å². The number of carbonyl (C=O) groups excluding carboxylic acids is 2. The molecule has 1 aliphatic heterocycles. The smallest absolute Gasteiger partial charge is 0.257 e. The zero-order chi connectivity index (χ0) is 18.0. The standard InChI is InChI=1S/C18H24N4O3/c1-4-22-11-15(10-19-22)20-17(23)14-5-7-21(8-6-14)18(24)16-9-12(2)25-13(16)3/h9-11,14H,4-8H2,1-3H3,(H,20,23). The minimum atomic E-state index is -0.0822. The van der Waals surface area contributed by atoms with Gasteiger partial charge in [0.05, 0.1) is 17.4 Å². The number of hydrogen-bond acceptors (Lipinski definition) is 4. The van der Waals surface area contributed by atoms with Crippen LogP contribution >= 0.6 is 0 Å². The van der Waals surface area contributed by atoms with Gasteiger partial charge in [0.15, 0.2) is 0 Å². The van der Waals surface area contributed by atoms with Crippen LogP contribution in [0.5, 0.6) is 0 Å². The van der Waals surface area contributed by atoms with Crippen LogP contribution in [0.15, 0.2) is 22.9 Å². The van der Waals surface area contributed by atoms with E-state index < -0.39 is 0 Å². The lowest BCUT2D eigenvalue weighted by Gasteiger charge is -2.31. The summed E-state index contributed by atoms with van der Waals surface area (Å²) < 4.78 is 7.21. The molecule has 7 nitrogen and oxygen atoms in total. The van der Waals surface area contributed by atoms with Crippen molar-refractivity contribution in [3.63, 3.8) is 0 Å². The third-order valence-electron chi connectivity index (χ3n) is 4.65. The fourth-order valence-electron chi connectivity index (χ4n) is 3.20. The van der Waals surface area contributed by atoms with E-state index in [-0.39, 0.29) is 17.7 Å². The molecule has 1 fully saturated rings. The van der Waals surface area contributed by atoms with E-state index in [9.17, 15) is 9.59 Å². The molecule has 0 bridgehead atoms. The molecule has 3 rings (SSSR count). The van der Waals surface area contributed by atoms with Gasteiger partial charge < -0.3 is 14.6 Å². The summed E-state index contributed by atoms with van der Waals surface area (Å²) >= 11 is 0. The molecule has 0 spiro atoms. The summed E-state index contributed by atoms with van der Waals surface area (Å²) in [5, 5.41) is 7.07. The number of aromatic nitrogens is 2. The second-order valence-electron chi connectivity index (χ2n) is 6.47. The highest BCUT2D eigenvalue weighted by Gasteiger charge is 2.29. The number of piperidine rings is 1. The molecule has 1 aliphatic rings. The Kier molecular flexibility index (Phi) is 4.92. The van der Waals surface area contributed by atoms with Crippen molar-refractivity contribution in [1.82, 2.24) is 14.7 Å². The van der Waals surface area contributed by atoms with Crippen molar-refractivity contribution in [2.45, 2.75) is 40.2 Å². The molecular weight excluding hydrogens is 320 g/mol. The summed E-state index contributed by atoms with van der Waals surface area (Å²) in [6.07, 6.45) is 4.80. The molecule has 3 heterocycles. The molecule has 0 radical (unpaired) electrons. The molecule has 0 atom stereocenters. The van der Waals surface area contributed by atoms with Crippen LogP contribution in [-0.2, 0) is 11.3 Å². The summed E-state index contributed by atoms with van der Waals surface area (Å²) in [7, 11) is 0. The number of carbonyl (C=O) groups is 2. The van der Waals surface area contributed by atoms with Crippen molar-refractivity contribution in [2.75, 3.05) is 18.4 Å². The first kappa shape index (κ1) is 17.3. The number of nitrogens with one attached hydrogen (secondary N) is 1. The highest BCUT2D eigenvalue weighted by Crippen LogP contribution is 2.23. The summed E-state index contributed by atoms with van der Waals surface area (Å²) in [5.41, 5.74) is 1.34. The van der Waals surface area contributed by atoms with Gasteiger partial charge >= 0.3 is 0 Å². The van der Waals surface area contributed by atoms with Crippen molar-refractivity contribution in [1.29, 1.82) is 0 Å². The Hall–Kier alpha value is -2.57. The number of furan rings is 1. The van der Waals surface area contributed by atoms with E-state index in [0.717, 1.165) is 18.0 Å². The van der Waals surface area contributed by atoms with Gasteiger partial charge in [-0.05, 0) is 39.7 Å². The number of anilines is 1. The summed E-state index contributed by atoms with van der Waals surface area (Å²) in [5.74, 6) is 1.29. The molecule has 0 aromatic carbocycles. The highest BCUT2D eigenvalue weighted by atomic mass is 16.3. The van der Waals surface area contributed by atoms with E-state index in [1.807, 2.05) is 20.0 Å². The number of hydrogen-bond donors (Lipinski definition) is 1. The molecule has 0 aliphatic carbocycles. The Balaban J connectivity index is 1.55. The number of amides is 2. The molecule has 2 aromatic heterocycles. The van der Waals surface area contributed by atoms with Gasteiger partial charge in [0, 0.05) is 31.7 Å². The molecular formula is C18H24N4O3. The van der Waals surface area contributed by atoms with E-state index in [1.165, 1.54) is 0 Å². The first-order valence-electron chi connectivity index (χ1n) is 8.67. The lowest BCUT2D eigenvalue weighted by atomic mass is 9.95. The van der Waals surface area contributed by atoms with Crippen molar-refractivity contribution in [2.24, 2.45) is 5.92 Å². The van der Waals surface area contributed by atoms with Crippen molar-refractivity contribution in [3.05, 3.63) is 35.5 Å². The minimum Gasteiger partial charge on any atom is -0.466 e. The molecule has 7 heteroatoms. The Morgan fingerprint density at radius 1 is 1.32 bits per heavy atom. The van der Waals surface area contributed by atoms with Crippen molar-refractivity contribution < 1.29 is 14.0 Å². The summed E-state index contributed by atoms with van der Waals surface area (Å²) in [6, 6.07) is 1.78. The predicted molar refractivity (Wildman–Crippen MR) is 93.3 cm³/mol. The number of nitrogens with zero attached hydrogens (tertiary/aromatic N) is 3. The molecule has 2 aromatic rings. The van der Waals surface area contributed by atoms with Crippen LogP contribution in [0, 0.1) is 19.8 Å². The van der Waals surface area contributed by atoms with Crippen molar-refractivity contribution >= 4 is 17.5 Å². The summed E-state index contributed by atoms with van der Waals surface area (Å²) in [4.78, 5) is 26.8. The maximum Gasteiger partial charge on any atom is 0.257 e. The van der Waals surface area contributed by atoms with Crippen LogP contribution < -0.4 is 5.32 Å². The van der Waals surface area contributed by atoms with E-state index in [1.54, 1.807) is 28.8 Å². The molecule has 25 heavy (non-hydrogen) atoms. The van der Waals surface area contributed by atoms with E-state index >= 15 is 0 Å². The zero-order valence-corrected chi connectivity index (χ0v) is 14.9. The minimum absolute atomic E-state index is 0.00177. The maximum atomic E-state index is 12.6. The predicted octanol–water partition coefficient (Wildman–Crippen LogP) is 2.60. The molecule has 0 unspecified atom stereocenters. The Bertz CT molecular complexity index is 769. The molecule has 1 N–H and O–H groups in total. The monoisotopic (exact) mass is 344 g/mol. The average Bonchev–Trinajstić information content (AvgIpc) is 3.20. The molecule has 134 valence electrons. The van der Waals surface area contributed by atoms with Gasteiger partial charge in [0.2, 0.25) is 5.91 Å². The number of aryl methyl sites for hydroxylation is 3. The Morgan fingerprint density at radius 2 is 2.04 bits per heavy atom. The lowest BCUT2D eigenvalue weighted by Crippen LogP contribution is -2.41. The topological polar surface area (TPSA) is 80.4 Å². The summed E-state index contributed by atoms with van der Waals surface area (Å²) in [6.45, 7) is 7.55. The second-order valence-corrected chi connectivity index (χ2v) is 6.47. The first-order valence-corrected chi connectivity index (χ1v) is 8.67. The van der Waals surface area contributed by atoms with Crippen LogP contribution in [-0.4, -0.2) is 39.6 Å². The lowest BCUT2D eigenvalue weighted by molar-refractivity contribution is -0.121. The average molecular weight is 344 g/mol. The van der Waals surface area contributed by atoms with Gasteiger partial charge in [-0.2, -0.15) is 5.10 Å². The van der Waals surface area contributed by atoms with Gasteiger partial charge in [0.1, 0.15) is 11.5 Å². The van der Waals surface area contributed by atoms with Crippen LogP contribution in [0.25, 0.3) is 0 Å². The Labute approximate surface area is 147 Å². The molecule has 1 saturated heterocycles. The first-order chi connectivity index (χ1) is 12.0. The molecule has 2 amide bonds. The fourth-order valence-corrected chi connectivity index (χ4v) is 3.20. The SMILES string of the molecule is CCn1cc(NC(=O)C2CCN(C(=O)c3cc(C)oc3C)CC2)cn1. The Morgan fingerprint density at radius 3 is 2.60 bits per heavy atom. The van der Waals surface area contributed by atoms with Gasteiger partial charge in [-0.3, -0.25) is 14.3 Å². The van der Waals surface area contributed by atoms with Gasteiger partial charge in [0.25, 0.3) is 5.91 Å². The van der Waals surface area contributed by atoms with Crippen LogP contribution in [0.1, 0.15) is 41.6 Å². The second kappa shape index (κ2) is 7.13. The van der Waals surface area contributed by atoms with Gasteiger partial charge in [-0.25, -0.2) is 0 Å². The zero-order valence-electron chi connectivity index (χ0n) is 14.9. The highest BCUT2D eigenvalue weighted by molar-refractivity contribution is 5.96. The van der Waals surface area contributed by atoms with Gasteiger partial charge in [-0.1, -0.05) is 0 Å². The number of likely N-dealkylation sites (tertiary alicyclic amines) is 1. The third kappa shape index (κ3) is 3.75. The largest absolute Gasteiger partial charge is 0.466 e. The maximum absolute atomic E-state index is 12.6. The number of rotatable bonds is 4. The van der Waals surface area contributed by atoms with Crippen molar-refractivity contribution in [3.8, 4) is 0 Å². The third-order valence-corrected chi connectivity index (χ3v) is 4.65.